The van der Waals surface area contributed by atoms with Crippen LogP contribution in [0.25, 0.3) is 0 Å². The van der Waals surface area contributed by atoms with Crippen LogP contribution in [0.15, 0.2) is 30.3 Å². The first-order chi connectivity index (χ1) is 19.7. The molecule has 0 heterocycles. The Morgan fingerprint density at radius 2 is 0.775 bits per heavy atom. The van der Waals surface area contributed by atoms with Gasteiger partial charge in [-0.05, 0) is 37.3 Å². The van der Waals surface area contributed by atoms with Crippen molar-refractivity contribution in [3.8, 4) is 0 Å². The van der Waals surface area contributed by atoms with E-state index in [-0.39, 0.29) is 17.6 Å². The lowest BCUT2D eigenvalue weighted by atomic mass is 10.1. The Kier molecular flexibility index (Phi) is 28.0. The molecule has 2 atom stereocenters. The number of hydrogen-bond donors (Lipinski definition) is 0. The van der Waals surface area contributed by atoms with Gasteiger partial charge in [0.05, 0.1) is 5.30 Å². The lowest BCUT2D eigenvalue weighted by Gasteiger charge is -2.18. The van der Waals surface area contributed by atoms with Crippen LogP contribution < -0.4 is 5.30 Å². The van der Waals surface area contributed by atoms with E-state index in [1.807, 2.05) is 30.3 Å². The topological polar surface area (TPSA) is 35.5 Å². The molecule has 0 aromatic heterocycles. The van der Waals surface area contributed by atoms with Crippen molar-refractivity contribution in [3.63, 3.8) is 0 Å². The van der Waals surface area contributed by atoms with Crippen molar-refractivity contribution < 1.29 is 13.2 Å². The van der Waals surface area contributed by atoms with E-state index in [0.29, 0.717) is 5.30 Å². The van der Waals surface area contributed by atoms with Crippen molar-refractivity contribution >= 4 is 30.5 Å². The fraction of sp³-hybridized carbons (Fsp3) is 0.824. The van der Waals surface area contributed by atoms with Crippen molar-refractivity contribution in [2.24, 2.45) is 0 Å². The molecule has 0 saturated heterocycles. The van der Waals surface area contributed by atoms with Gasteiger partial charge in [-0.3, -0.25) is 13.2 Å². The van der Waals surface area contributed by atoms with Gasteiger partial charge in [-0.25, -0.2) is 0 Å². The van der Waals surface area contributed by atoms with Crippen molar-refractivity contribution in [1.29, 1.82) is 0 Å². The SMILES string of the molecule is CCCCCCCCCCCCCCPOP(=O)(OPCCCCCCCCCCCCCC)c1ccccc1. The van der Waals surface area contributed by atoms with Crippen LogP contribution in [0.3, 0.4) is 0 Å². The van der Waals surface area contributed by atoms with Gasteiger partial charge in [-0.15, -0.1) is 0 Å². The molecule has 0 radical (unpaired) electrons. The maximum absolute atomic E-state index is 13.6. The third kappa shape index (κ3) is 22.8. The molecule has 0 aliphatic heterocycles. The quantitative estimate of drug-likeness (QED) is 0.0616. The minimum absolute atomic E-state index is 0.248. The highest BCUT2D eigenvalue weighted by Gasteiger charge is 2.27. The molecule has 1 rings (SSSR count). The van der Waals surface area contributed by atoms with E-state index in [1.165, 1.54) is 141 Å². The van der Waals surface area contributed by atoms with E-state index in [9.17, 15) is 4.57 Å². The van der Waals surface area contributed by atoms with Crippen LogP contribution in [0.2, 0.25) is 0 Å². The Morgan fingerprint density at radius 1 is 0.475 bits per heavy atom. The van der Waals surface area contributed by atoms with Crippen molar-refractivity contribution in [2.75, 3.05) is 12.3 Å². The van der Waals surface area contributed by atoms with Gasteiger partial charge < -0.3 is 0 Å². The van der Waals surface area contributed by atoms with Gasteiger partial charge in [0.1, 0.15) is 0 Å². The molecule has 0 amide bonds. The maximum atomic E-state index is 13.6. The summed E-state index contributed by atoms with van der Waals surface area (Å²) in [6.45, 7) is 4.56. The minimum Gasteiger partial charge on any atom is -0.285 e. The molecule has 0 fully saturated rings. The van der Waals surface area contributed by atoms with E-state index in [1.54, 1.807) is 0 Å². The van der Waals surface area contributed by atoms with E-state index in [0.717, 1.165) is 25.2 Å². The maximum Gasteiger partial charge on any atom is 0.367 e. The normalized spacial score (nSPS) is 13.7. The van der Waals surface area contributed by atoms with Gasteiger partial charge in [0.15, 0.2) is 0 Å². The average Bonchev–Trinajstić information content (AvgIpc) is 2.98. The Balaban J connectivity index is 2.08. The Labute approximate surface area is 253 Å². The zero-order chi connectivity index (χ0) is 28.8. The molecular formula is C34H65O3P3. The Hall–Kier alpha value is 0.230. The molecule has 0 spiro atoms. The fourth-order valence-corrected chi connectivity index (χ4v) is 9.82. The first-order valence-electron chi connectivity index (χ1n) is 17.2. The van der Waals surface area contributed by atoms with E-state index < -0.39 is 7.60 Å². The molecule has 2 unspecified atom stereocenters. The fourth-order valence-electron chi connectivity index (χ4n) is 5.07. The van der Waals surface area contributed by atoms with Gasteiger partial charge in [-0.2, -0.15) is 0 Å². The molecule has 1 aromatic rings. The van der Waals surface area contributed by atoms with Crippen LogP contribution >= 0.6 is 25.2 Å². The number of hydrogen-bond acceptors (Lipinski definition) is 3. The summed E-state index contributed by atoms with van der Waals surface area (Å²) in [6, 6.07) is 9.60. The van der Waals surface area contributed by atoms with Crippen LogP contribution in [0.4, 0.5) is 0 Å². The third-order valence-electron chi connectivity index (χ3n) is 7.71. The van der Waals surface area contributed by atoms with Gasteiger partial charge >= 0.3 is 7.60 Å². The second-order valence-electron chi connectivity index (χ2n) is 11.6. The largest absolute Gasteiger partial charge is 0.367 e. The van der Waals surface area contributed by atoms with Crippen LogP contribution in [0.1, 0.15) is 168 Å². The van der Waals surface area contributed by atoms with Crippen LogP contribution in [-0.4, -0.2) is 12.3 Å². The molecule has 0 aliphatic carbocycles. The molecule has 0 bridgehead atoms. The summed E-state index contributed by atoms with van der Waals surface area (Å²) in [5.74, 6) is 0. The molecule has 6 heteroatoms. The molecule has 40 heavy (non-hydrogen) atoms. The smallest absolute Gasteiger partial charge is 0.285 e. The Morgan fingerprint density at radius 3 is 1.10 bits per heavy atom. The van der Waals surface area contributed by atoms with Crippen molar-refractivity contribution in [3.05, 3.63) is 30.3 Å². The van der Waals surface area contributed by atoms with E-state index >= 15 is 0 Å². The molecule has 234 valence electrons. The minimum atomic E-state index is -3.22. The highest BCUT2D eigenvalue weighted by Crippen LogP contribution is 2.56. The standard InChI is InChI=1S/C34H65O3P3/c1-3-5-7-9-11-13-15-17-19-21-23-28-32-38-36-40(35,34-30-26-25-27-31-34)37-39-33-29-24-22-20-18-16-14-12-10-8-6-4-2/h25-27,30-31,38-39H,3-24,28-29,32-33H2,1-2H3. The zero-order valence-corrected chi connectivity index (χ0v) is 29.3. The zero-order valence-electron chi connectivity index (χ0n) is 26.4. The number of benzene rings is 1. The predicted molar refractivity (Wildman–Crippen MR) is 184 cm³/mol. The van der Waals surface area contributed by atoms with E-state index in [4.69, 9.17) is 8.62 Å². The van der Waals surface area contributed by atoms with Crippen molar-refractivity contribution in [2.45, 2.75) is 168 Å². The molecule has 0 N–H and O–H groups in total. The van der Waals surface area contributed by atoms with Gasteiger partial charge in [0.25, 0.3) is 0 Å². The predicted octanol–water partition coefficient (Wildman–Crippen LogP) is 13.1. The molecule has 1 aromatic carbocycles. The highest BCUT2D eigenvalue weighted by atomic mass is 31.2. The molecular weight excluding hydrogens is 549 g/mol. The lowest BCUT2D eigenvalue weighted by molar-refractivity contribution is 0.437. The van der Waals surface area contributed by atoms with Crippen LogP contribution in [-0.2, 0) is 13.2 Å². The summed E-state index contributed by atoms with van der Waals surface area (Å²) < 4.78 is 25.6. The summed E-state index contributed by atoms with van der Waals surface area (Å²) in [5.41, 5.74) is 0. The van der Waals surface area contributed by atoms with Crippen molar-refractivity contribution in [1.82, 2.24) is 0 Å². The average molecular weight is 615 g/mol. The molecule has 0 saturated carbocycles. The summed E-state index contributed by atoms with van der Waals surface area (Å²) in [6.07, 6.45) is 34.5. The number of unbranched alkanes of at least 4 members (excludes halogenated alkanes) is 22. The first-order valence-corrected chi connectivity index (χ1v) is 21.0. The van der Waals surface area contributed by atoms with E-state index in [2.05, 4.69) is 13.8 Å². The van der Waals surface area contributed by atoms with Gasteiger partial charge in [0, 0.05) is 17.6 Å². The van der Waals surface area contributed by atoms with Gasteiger partial charge in [-0.1, -0.05) is 173 Å². The summed E-state index contributed by atoms with van der Waals surface area (Å²) in [5, 5.41) is 0.708. The van der Waals surface area contributed by atoms with Crippen LogP contribution in [0, 0.1) is 0 Å². The highest BCUT2D eigenvalue weighted by molar-refractivity contribution is 7.70. The second kappa shape index (κ2) is 29.3. The molecule has 0 aliphatic rings. The number of rotatable bonds is 31. The summed E-state index contributed by atoms with van der Waals surface area (Å²) >= 11 is 0. The molecule has 3 nitrogen and oxygen atoms in total. The Bertz CT molecular complexity index is 650. The first kappa shape index (κ1) is 38.3. The van der Waals surface area contributed by atoms with Crippen LogP contribution in [0.5, 0.6) is 0 Å². The second-order valence-corrected chi connectivity index (χ2v) is 16.1. The third-order valence-corrected chi connectivity index (χ3v) is 12.7. The summed E-state index contributed by atoms with van der Waals surface area (Å²) in [4.78, 5) is 0. The summed E-state index contributed by atoms with van der Waals surface area (Å²) in [7, 11) is -2.72. The van der Waals surface area contributed by atoms with Gasteiger partial charge in [0.2, 0.25) is 0 Å². The lowest BCUT2D eigenvalue weighted by Crippen LogP contribution is -2.05. The monoisotopic (exact) mass is 614 g/mol.